The van der Waals surface area contributed by atoms with Gasteiger partial charge in [-0.3, -0.25) is 0 Å². The van der Waals surface area contributed by atoms with Crippen LogP contribution in [0.25, 0.3) is 0 Å². The van der Waals surface area contributed by atoms with Gasteiger partial charge in [-0.25, -0.2) is 4.99 Å². The lowest BCUT2D eigenvalue weighted by atomic mass is 10.2. The summed E-state index contributed by atoms with van der Waals surface area (Å²) in [6, 6.07) is -0.230. The summed E-state index contributed by atoms with van der Waals surface area (Å²) in [5.74, 6) is 0.576. The molecule has 2 heterocycles. The molecule has 10 heavy (non-hydrogen) atoms. The molecule has 2 rings (SSSR count). The molecule has 0 bridgehead atoms. The first-order valence-corrected chi connectivity index (χ1v) is 3.13. The van der Waals surface area contributed by atoms with Crippen LogP contribution in [0.4, 0.5) is 0 Å². The highest BCUT2D eigenvalue weighted by Crippen LogP contribution is 2.20. The zero-order valence-corrected chi connectivity index (χ0v) is 5.65. The second-order valence-electron chi connectivity index (χ2n) is 1.90. The first-order chi connectivity index (χ1) is 4.88. The molecular weight excluding hydrogens is 152 g/mol. The maximum atomic E-state index is 5.75. The van der Waals surface area contributed by atoms with Crippen LogP contribution in [0, 0.1) is 0 Å². The van der Waals surface area contributed by atoms with Crippen LogP contribution in [0.2, 0.25) is 0 Å². The third-order valence-corrected chi connectivity index (χ3v) is 1.59. The Morgan fingerprint density at radius 3 is 3.20 bits per heavy atom. The predicted octanol–water partition coefficient (Wildman–Crippen LogP) is 1.34. The van der Waals surface area contributed by atoms with Gasteiger partial charge in [-0.1, -0.05) is 11.6 Å². The van der Waals surface area contributed by atoms with Crippen molar-refractivity contribution in [2.24, 2.45) is 20.4 Å². The van der Waals surface area contributed by atoms with Gasteiger partial charge < -0.3 is 0 Å². The quantitative estimate of drug-likeness (QED) is 0.506. The zero-order valence-electron chi connectivity index (χ0n) is 4.90. The topological polar surface area (TPSA) is 49.4 Å². The summed E-state index contributed by atoms with van der Waals surface area (Å²) in [6.45, 7) is 0. The van der Waals surface area contributed by atoms with E-state index in [1.165, 1.54) is 0 Å². The van der Waals surface area contributed by atoms with E-state index >= 15 is 0 Å². The second kappa shape index (κ2) is 1.98. The average molecular weight is 155 g/mol. The van der Waals surface area contributed by atoms with Crippen LogP contribution in [-0.2, 0) is 0 Å². The Morgan fingerprint density at radius 2 is 2.40 bits per heavy atom. The number of rotatable bonds is 0. The highest BCUT2D eigenvalue weighted by atomic mass is 35.5. The highest BCUT2D eigenvalue weighted by molar-refractivity contribution is 6.34. The van der Waals surface area contributed by atoms with Crippen molar-refractivity contribution in [3.05, 3.63) is 11.1 Å². The minimum absolute atomic E-state index is 0.230. The van der Waals surface area contributed by atoms with Crippen LogP contribution in [0.3, 0.4) is 0 Å². The van der Waals surface area contributed by atoms with Gasteiger partial charge in [0.2, 0.25) is 0 Å². The normalized spacial score (nSPS) is 27.9. The second-order valence-corrected chi connectivity index (χ2v) is 2.33. The van der Waals surface area contributed by atoms with Crippen LogP contribution >= 0.6 is 11.6 Å². The van der Waals surface area contributed by atoms with Gasteiger partial charge in [0.15, 0.2) is 11.9 Å². The monoisotopic (exact) mass is 154 g/mol. The van der Waals surface area contributed by atoms with Gasteiger partial charge in [0.25, 0.3) is 0 Å². The summed E-state index contributed by atoms with van der Waals surface area (Å²) in [5.41, 5.74) is 0. The number of hydrogen-bond donors (Lipinski definition) is 0. The number of halogens is 1. The van der Waals surface area contributed by atoms with Gasteiger partial charge in [0, 0.05) is 6.21 Å². The van der Waals surface area contributed by atoms with E-state index in [0.717, 1.165) is 0 Å². The Balaban J connectivity index is 2.43. The van der Waals surface area contributed by atoms with Crippen LogP contribution < -0.4 is 0 Å². The number of hydrogen-bond acceptors (Lipinski definition) is 4. The van der Waals surface area contributed by atoms with E-state index in [0.29, 0.717) is 10.9 Å². The molecule has 0 aromatic heterocycles. The van der Waals surface area contributed by atoms with Crippen LogP contribution in [0.1, 0.15) is 0 Å². The van der Waals surface area contributed by atoms with Crippen molar-refractivity contribution in [1.82, 2.24) is 0 Å². The number of amidine groups is 1. The van der Waals surface area contributed by atoms with E-state index in [2.05, 4.69) is 20.4 Å². The molecule has 0 aromatic rings. The molecule has 0 fully saturated rings. The molecule has 1 unspecified atom stereocenters. The lowest BCUT2D eigenvalue weighted by molar-refractivity contribution is 0.960. The average Bonchev–Trinajstić information content (AvgIpc) is 2.36. The van der Waals surface area contributed by atoms with Crippen molar-refractivity contribution in [2.45, 2.75) is 6.04 Å². The fourth-order valence-electron chi connectivity index (χ4n) is 0.780. The van der Waals surface area contributed by atoms with Gasteiger partial charge in [-0.15, -0.1) is 5.10 Å². The van der Waals surface area contributed by atoms with E-state index in [9.17, 15) is 0 Å². The molecule has 0 radical (unpaired) electrons. The molecule has 0 amide bonds. The van der Waals surface area contributed by atoms with E-state index < -0.39 is 0 Å². The third kappa shape index (κ3) is 0.690. The summed E-state index contributed by atoms with van der Waals surface area (Å²) in [4.78, 5) is 3.92. The van der Waals surface area contributed by atoms with E-state index in [4.69, 9.17) is 11.6 Å². The minimum Gasteiger partial charge on any atom is -0.237 e. The predicted molar refractivity (Wildman–Crippen MR) is 38.5 cm³/mol. The van der Waals surface area contributed by atoms with Crippen molar-refractivity contribution < 1.29 is 0 Å². The minimum atomic E-state index is -0.230. The first kappa shape index (κ1) is 5.73. The van der Waals surface area contributed by atoms with Crippen molar-refractivity contribution in [3.8, 4) is 0 Å². The molecule has 0 aromatic carbocycles. The van der Waals surface area contributed by atoms with Gasteiger partial charge >= 0.3 is 0 Å². The fraction of sp³-hybridized carbons (Fsp3) is 0.200. The molecule has 0 aliphatic carbocycles. The number of dihydropyridines is 1. The van der Waals surface area contributed by atoms with Gasteiger partial charge in [-0.2, -0.15) is 5.11 Å². The molecule has 0 N–H and O–H groups in total. The Kier molecular flexibility index (Phi) is 1.14. The fourth-order valence-corrected chi connectivity index (χ4v) is 0.978. The molecule has 1 atom stereocenters. The van der Waals surface area contributed by atoms with Gasteiger partial charge in [-0.05, 0) is 11.3 Å². The summed E-state index contributed by atoms with van der Waals surface area (Å²) >= 11 is 5.75. The molecule has 0 spiro atoms. The van der Waals surface area contributed by atoms with Crippen molar-refractivity contribution in [3.63, 3.8) is 0 Å². The number of nitrogens with zero attached hydrogens (tertiary/aromatic N) is 4. The van der Waals surface area contributed by atoms with Crippen LogP contribution in [-0.4, -0.2) is 18.1 Å². The summed E-state index contributed by atoms with van der Waals surface area (Å²) in [5, 5.41) is 11.5. The SMILES string of the molecule is ClC1=CC=NC2=NN=NC12. The van der Waals surface area contributed by atoms with Gasteiger partial charge in [0.05, 0.1) is 5.03 Å². The highest BCUT2D eigenvalue weighted by Gasteiger charge is 2.24. The van der Waals surface area contributed by atoms with Crippen molar-refractivity contribution in [1.29, 1.82) is 0 Å². The number of allylic oxidation sites excluding steroid dienone is 1. The lowest BCUT2D eigenvalue weighted by Gasteiger charge is -2.05. The van der Waals surface area contributed by atoms with Crippen LogP contribution in [0.5, 0.6) is 0 Å². The Labute approximate surface area is 62.0 Å². The summed E-state index contributed by atoms with van der Waals surface area (Å²) in [7, 11) is 0. The molecule has 50 valence electrons. The smallest absolute Gasteiger partial charge is 0.184 e. The standard InChI is InChI=1S/C5H3ClN4/c6-3-1-2-7-5-4(3)8-10-9-5/h1-2,4H. The summed E-state index contributed by atoms with van der Waals surface area (Å²) in [6.07, 6.45) is 3.28. The Bertz CT molecular complexity index is 275. The molecule has 4 nitrogen and oxygen atoms in total. The third-order valence-electron chi connectivity index (χ3n) is 1.26. The van der Waals surface area contributed by atoms with Crippen LogP contribution in [0.15, 0.2) is 31.5 Å². The molecule has 2 aliphatic rings. The maximum absolute atomic E-state index is 5.75. The molecule has 2 aliphatic heterocycles. The molecule has 0 saturated carbocycles. The lowest BCUT2D eigenvalue weighted by Crippen LogP contribution is -2.16. The number of aliphatic imine (C=N–C) groups is 1. The molecule has 5 heteroatoms. The first-order valence-electron chi connectivity index (χ1n) is 2.75. The van der Waals surface area contributed by atoms with Crippen molar-refractivity contribution >= 4 is 23.7 Å². The Hall–Kier alpha value is -1.03. The van der Waals surface area contributed by atoms with Gasteiger partial charge in [0.1, 0.15) is 0 Å². The zero-order chi connectivity index (χ0) is 6.97. The van der Waals surface area contributed by atoms with E-state index in [1.54, 1.807) is 12.3 Å². The van der Waals surface area contributed by atoms with Crippen molar-refractivity contribution in [2.75, 3.05) is 0 Å². The van der Waals surface area contributed by atoms with E-state index in [1.807, 2.05) is 0 Å². The largest absolute Gasteiger partial charge is 0.237 e. The summed E-state index contributed by atoms with van der Waals surface area (Å²) < 4.78 is 0. The molecular formula is C5H3ClN4. The molecule has 0 saturated heterocycles. The van der Waals surface area contributed by atoms with E-state index in [-0.39, 0.29) is 6.04 Å². The maximum Gasteiger partial charge on any atom is 0.184 e. The Morgan fingerprint density at radius 1 is 1.50 bits per heavy atom. The number of fused-ring (bicyclic) bond motifs is 1.